The number of hydrogen-bond acceptors (Lipinski definition) is 3. The molecule has 1 unspecified atom stereocenters. The van der Waals surface area contributed by atoms with Crippen LogP contribution in [0.3, 0.4) is 0 Å². The molecule has 0 fully saturated rings. The van der Waals surface area contributed by atoms with E-state index in [1.807, 2.05) is 23.1 Å². The Kier molecular flexibility index (Phi) is 3.64. The first kappa shape index (κ1) is 12.3. The summed E-state index contributed by atoms with van der Waals surface area (Å²) < 4.78 is 1.92. The molecule has 4 heteroatoms. The summed E-state index contributed by atoms with van der Waals surface area (Å²) in [4.78, 5) is 2.61. The molecule has 0 aromatic carbocycles. The topological polar surface area (TPSA) is 29.9 Å². The fraction of sp³-hybridized carbons (Fsp3) is 0.462. The molecule has 2 heterocycles. The molecule has 0 radical (unpaired) electrons. The molecular formula is C13H19N3S. The molecule has 0 aliphatic heterocycles. The molecule has 0 saturated heterocycles. The lowest BCUT2D eigenvalue weighted by Gasteiger charge is -2.08. The Morgan fingerprint density at radius 1 is 1.47 bits per heavy atom. The van der Waals surface area contributed by atoms with Crippen molar-refractivity contribution < 1.29 is 0 Å². The van der Waals surface area contributed by atoms with Gasteiger partial charge in [0.1, 0.15) is 5.69 Å². The summed E-state index contributed by atoms with van der Waals surface area (Å²) in [7, 11) is 1.98. The number of hydrogen-bond donors (Lipinski definition) is 1. The molecule has 2 aromatic rings. The molecule has 0 saturated carbocycles. The highest BCUT2D eigenvalue weighted by atomic mass is 32.1. The van der Waals surface area contributed by atoms with Crippen LogP contribution in [0.4, 0.5) is 0 Å². The lowest BCUT2D eigenvalue weighted by molar-refractivity contribution is 0.607. The lowest BCUT2D eigenvalue weighted by Crippen LogP contribution is -2.16. The predicted molar refractivity (Wildman–Crippen MR) is 73.3 cm³/mol. The first-order valence-electron chi connectivity index (χ1n) is 5.96. The third kappa shape index (κ3) is 2.58. The number of nitrogens with zero attached hydrogens (tertiary/aromatic N) is 2. The summed E-state index contributed by atoms with van der Waals surface area (Å²) >= 11 is 1.82. The van der Waals surface area contributed by atoms with Crippen molar-refractivity contribution in [1.82, 2.24) is 15.1 Å². The van der Waals surface area contributed by atoms with Gasteiger partial charge in [-0.15, -0.1) is 11.3 Å². The van der Waals surface area contributed by atoms with Crippen LogP contribution in [-0.2, 0) is 7.05 Å². The fourth-order valence-corrected chi connectivity index (χ4v) is 2.80. The molecule has 0 amide bonds. The van der Waals surface area contributed by atoms with E-state index >= 15 is 0 Å². The minimum Gasteiger partial charge on any atom is -0.310 e. The SMILES string of the molecule is CCNC(C)c1ccc(-c2cc(C)n(C)n2)s1. The number of nitrogens with one attached hydrogen (secondary N) is 1. The summed E-state index contributed by atoms with van der Waals surface area (Å²) in [6.45, 7) is 7.40. The number of rotatable bonds is 4. The Morgan fingerprint density at radius 2 is 2.24 bits per heavy atom. The summed E-state index contributed by atoms with van der Waals surface area (Å²) in [5.41, 5.74) is 2.26. The normalized spacial score (nSPS) is 12.9. The highest BCUT2D eigenvalue weighted by Gasteiger charge is 2.10. The smallest absolute Gasteiger partial charge is 0.103 e. The summed E-state index contributed by atoms with van der Waals surface area (Å²) in [5.74, 6) is 0. The highest BCUT2D eigenvalue weighted by Crippen LogP contribution is 2.30. The van der Waals surface area contributed by atoms with E-state index in [9.17, 15) is 0 Å². The third-order valence-corrected chi connectivity index (χ3v) is 4.22. The van der Waals surface area contributed by atoms with Crippen LogP contribution in [0.2, 0.25) is 0 Å². The van der Waals surface area contributed by atoms with E-state index in [2.05, 4.69) is 49.4 Å². The van der Waals surface area contributed by atoms with E-state index in [0.717, 1.165) is 12.2 Å². The molecule has 3 nitrogen and oxygen atoms in total. The zero-order chi connectivity index (χ0) is 12.4. The lowest BCUT2D eigenvalue weighted by atomic mass is 10.2. The quantitative estimate of drug-likeness (QED) is 0.902. The second kappa shape index (κ2) is 5.02. The minimum absolute atomic E-state index is 0.420. The van der Waals surface area contributed by atoms with Crippen molar-refractivity contribution in [3.8, 4) is 10.6 Å². The van der Waals surface area contributed by atoms with Gasteiger partial charge in [-0.1, -0.05) is 6.92 Å². The van der Waals surface area contributed by atoms with Crippen LogP contribution in [-0.4, -0.2) is 16.3 Å². The van der Waals surface area contributed by atoms with Gasteiger partial charge in [-0.2, -0.15) is 5.10 Å². The summed E-state index contributed by atoms with van der Waals surface area (Å²) in [6, 6.07) is 6.91. The van der Waals surface area contributed by atoms with E-state index < -0.39 is 0 Å². The van der Waals surface area contributed by atoms with E-state index in [-0.39, 0.29) is 0 Å². The standard InChI is InChI=1S/C13H19N3S/c1-5-14-10(3)12-6-7-13(17-12)11-8-9(2)16(4)15-11/h6-8,10,14H,5H2,1-4H3. The molecule has 0 aliphatic rings. The van der Waals surface area contributed by atoms with Crippen molar-refractivity contribution in [2.75, 3.05) is 6.54 Å². The van der Waals surface area contributed by atoms with Gasteiger partial charge in [-0.05, 0) is 38.6 Å². The maximum Gasteiger partial charge on any atom is 0.103 e. The van der Waals surface area contributed by atoms with E-state index in [0.29, 0.717) is 6.04 Å². The van der Waals surface area contributed by atoms with Crippen LogP contribution in [0.1, 0.15) is 30.5 Å². The van der Waals surface area contributed by atoms with Crippen molar-refractivity contribution in [3.63, 3.8) is 0 Å². The fourth-order valence-electron chi connectivity index (χ4n) is 1.81. The average Bonchev–Trinajstić information content (AvgIpc) is 2.87. The molecule has 0 spiro atoms. The van der Waals surface area contributed by atoms with Crippen molar-refractivity contribution in [3.05, 3.63) is 28.8 Å². The molecule has 0 aliphatic carbocycles. The second-order valence-electron chi connectivity index (χ2n) is 4.28. The van der Waals surface area contributed by atoms with Gasteiger partial charge in [0, 0.05) is 23.7 Å². The largest absolute Gasteiger partial charge is 0.310 e. The Bertz CT molecular complexity index is 479. The summed E-state index contributed by atoms with van der Waals surface area (Å²) in [5, 5.41) is 7.93. The molecule has 17 heavy (non-hydrogen) atoms. The van der Waals surface area contributed by atoms with Crippen LogP contribution < -0.4 is 5.32 Å². The predicted octanol–water partition coefficient (Wildman–Crippen LogP) is 3.13. The van der Waals surface area contributed by atoms with Crippen LogP contribution in [0, 0.1) is 6.92 Å². The third-order valence-electron chi connectivity index (χ3n) is 2.93. The van der Waals surface area contributed by atoms with Crippen molar-refractivity contribution in [2.45, 2.75) is 26.8 Å². The van der Waals surface area contributed by atoms with Gasteiger partial charge >= 0.3 is 0 Å². The van der Waals surface area contributed by atoms with Gasteiger partial charge in [0.2, 0.25) is 0 Å². The molecule has 1 N–H and O–H groups in total. The van der Waals surface area contributed by atoms with Gasteiger partial charge in [-0.25, -0.2) is 0 Å². The Morgan fingerprint density at radius 3 is 2.82 bits per heavy atom. The number of aryl methyl sites for hydroxylation is 2. The van der Waals surface area contributed by atoms with Gasteiger partial charge in [0.25, 0.3) is 0 Å². The maximum absolute atomic E-state index is 4.51. The van der Waals surface area contributed by atoms with Gasteiger partial charge < -0.3 is 5.32 Å². The monoisotopic (exact) mass is 249 g/mol. The van der Waals surface area contributed by atoms with E-state index in [1.54, 1.807) is 0 Å². The maximum atomic E-state index is 4.51. The highest BCUT2D eigenvalue weighted by molar-refractivity contribution is 7.15. The molecular weight excluding hydrogens is 230 g/mol. The van der Waals surface area contributed by atoms with Crippen molar-refractivity contribution >= 4 is 11.3 Å². The van der Waals surface area contributed by atoms with Crippen molar-refractivity contribution in [1.29, 1.82) is 0 Å². The first-order valence-corrected chi connectivity index (χ1v) is 6.77. The van der Waals surface area contributed by atoms with Crippen LogP contribution in [0.15, 0.2) is 18.2 Å². The molecule has 2 aromatic heterocycles. The molecule has 92 valence electrons. The Labute approximate surface area is 106 Å². The first-order chi connectivity index (χ1) is 8.11. The van der Waals surface area contributed by atoms with Crippen LogP contribution >= 0.6 is 11.3 Å². The van der Waals surface area contributed by atoms with Crippen LogP contribution in [0.25, 0.3) is 10.6 Å². The molecule has 2 rings (SSSR count). The van der Waals surface area contributed by atoms with E-state index in [4.69, 9.17) is 0 Å². The Balaban J connectivity index is 2.23. The van der Waals surface area contributed by atoms with Gasteiger partial charge in [-0.3, -0.25) is 4.68 Å². The molecule has 0 bridgehead atoms. The second-order valence-corrected chi connectivity index (χ2v) is 5.39. The van der Waals surface area contributed by atoms with Gasteiger partial charge in [0.15, 0.2) is 0 Å². The zero-order valence-corrected chi connectivity index (χ0v) is 11.6. The van der Waals surface area contributed by atoms with Gasteiger partial charge in [0.05, 0.1) is 4.88 Å². The van der Waals surface area contributed by atoms with E-state index in [1.165, 1.54) is 15.4 Å². The van der Waals surface area contributed by atoms with Crippen LogP contribution in [0.5, 0.6) is 0 Å². The Hall–Kier alpha value is -1.13. The number of aromatic nitrogens is 2. The van der Waals surface area contributed by atoms with Crippen molar-refractivity contribution in [2.24, 2.45) is 7.05 Å². The average molecular weight is 249 g/mol. The number of thiophene rings is 1. The minimum atomic E-state index is 0.420. The zero-order valence-electron chi connectivity index (χ0n) is 10.8. The summed E-state index contributed by atoms with van der Waals surface area (Å²) in [6.07, 6.45) is 0. The molecule has 1 atom stereocenters.